The third-order valence-electron chi connectivity index (χ3n) is 0.779. The third kappa shape index (κ3) is 3.93. The molecular formula is C6H12S. The molecule has 1 heteroatoms. The molecule has 42 valence electrons. The first-order valence-corrected chi connectivity index (χ1v) is 3.55. The van der Waals surface area contributed by atoms with Crippen molar-refractivity contribution in [1.29, 1.82) is 0 Å². The van der Waals surface area contributed by atoms with Crippen molar-refractivity contribution in [2.45, 2.75) is 20.8 Å². The van der Waals surface area contributed by atoms with E-state index in [1.807, 2.05) is 11.8 Å². The Kier molecular flexibility index (Phi) is 4.31. The van der Waals surface area contributed by atoms with E-state index in [2.05, 4.69) is 26.8 Å². The van der Waals surface area contributed by atoms with Gasteiger partial charge in [-0.15, -0.1) is 11.8 Å². The highest BCUT2D eigenvalue weighted by atomic mass is 32.2. The SMILES string of the molecule is C/C=C(\C)SCC. The average Bonchev–Trinajstić information content (AvgIpc) is 1.68. The fraction of sp³-hybridized carbons (Fsp3) is 0.667. The van der Waals surface area contributed by atoms with Crippen LogP contribution in [0.1, 0.15) is 20.8 Å². The molecule has 0 aliphatic heterocycles. The molecule has 0 fully saturated rings. The van der Waals surface area contributed by atoms with Crippen LogP contribution in [0.3, 0.4) is 0 Å². The van der Waals surface area contributed by atoms with Gasteiger partial charge in [-0.2, -0.15) is 0 Å². The van der Waals surface area contributed by atoms with Gasteiger partial charge in [0.05, 0.1) is 0 Å². The van der Waals surface area contributed by atoms with E-state index < -0.39 is 0 Å². The van der Waals surface area contributed by atoms with Gasteiger partial charge in [-0.3, -0.25) is 0 Å². The molecule has 0 aromatic carbocycles. The molecule has 0 aromatic heterocycles. The third-order valence-corrected chi connectivity index (χ3v) is 1.76. The molecule has 0 atom stereocenters. The van der Waals surface area contributed by atoms with Crippen LogP contribution in [-0.4, -0.2) is 5.75 Å². The standard InChI is InChI=1S/C6H12S/c1-4-6(3)7-5-2/h4H,5H2,1-3H3/b6-4+. The molecule has 0 radical (unpaired) electrons. The Bertz CT molecular complexity index is 64.6. The van der Waals surface area contributed by atoms with E-state index in [1.54, 1.807) is 0 Å². The van der Waals surface area contributed by atoms with Crippen molar-refractivity contribution in [1.82, 2.24) is 0 Å². The summed E-state index contributed by atoms with van der Waals surface area (Å²) in [6.07, 6.45) is 2.13. The Morgan fingerprint density at radius 3 is 2.43 bits per heavy atom. The highest BCUT2D eigenvalue weighted by Gasteiger charge is 1.79. The van der Waals surface area contributed by atoms with Gasteiger partial charge in [0.25, 0.3) is 0 Å². The fourth-order valence-corrected chi connectivity index (χ4v) is 0.933. The lowest BCUT2D eigenvalue weighted by Gasteiger charge is -1.91. The van der Waals surface area contributed by atoms with Crippen LogP contribution in [-0.2, 0) is 0 Å². The minimum Gasteiger partial charge on any atom is -0.132 e. The molecule has 0 N–H and O–H groups in total. The predicted octanol–water partition coefficient (Wildman–Crippen LogP) is 2.66. The topological polar surface area (TPSA) is 0 Å². The number of hydrogen-bond donors (Lipinski definition) is 0. The average molecular weight is 116 g/mol. The summed E-state index contributed by atoms with van der Waals surface area (Å²) in [6.45, 7) is 6.36. The van der Waals surface area contributed by atoms with E-state index in [9.17, 15) is 0 Å². The van der Waals surface area contributed by atoms with Crippen molar-refractivity contribution in [3.8, 4) is 0 Å². The van der Waals surface area contributed by atoms with Crippen LogP contribution >= 0.6 is 11.8 Å². The maximum atomic E-state index is 2.16. The van der Waals surface area contributed by atoms with Crippen LogP contribution in [0.15, 0.2) is 11.0 Å². The molecule has 0 amide bonds. The van der Waals surface area contributed by atoms with Crippen LogP contribution in [0.25, 0.3) is 0 Å². The molecular weight excluding hydrogens is 104 g/mol. The van der Waals surface area contributed by atoms with Crippen molar-refractivity contribution in [2.75, 3.05) is 5.75 Å². The number of rotatable bonds is 2. The van der Waals surface area contributed by atoms with Gasteiger partial charge >= 0.3 is 0 Å². The Balaban J connectivity index is 3.17. The Hall–Kier alpha value is 0.0900. The Labute approximate surface area is 50.0 Å². The van der Waals surface area contributed by atoms with Gasteiger partial charge in [0.2, 0.25) is 0 Å². The zero-order valence-electron chi connectivity index (χ0n) is 5.19. The minimum atomic E-state index is 1.19. The van der Waals surface area contributed by atoms with Crippen molar-refractivity contribution in [3.05, 3.63) is 11.0 Å². The summed E-state index contributed by atoms with van der Waals surface area (Å²) in [5.41, 5.74) is 0. The second kappa shape index (κ2) is 4.25. The molecule has 7 heavy (non-hydrogen) atoms. The van der Waals surface area contributed by atoms with Gasteiger partial charge in [-0.25, -0.2) is 0 Å². The largest absolute Gasteiger partial charge is 0.132 e. The lowest BCUT2D eigenvalue weighted by Crippen LogP contribution is -1.65. The quantitative estimate of drug-likeness (QED) is 0.534. The van der Waals surface area contributed by atoms with Crippen LogP contribution in [0.4, 0.5) is 0 Å². The van der Waals surface area contributed by atoms with Gasteiger partial charge in [0.15, 0.2) is 0 Å². The van der Waals surface area contributed by atoms with E-state index in [1.165, 1.54) is 10.7 Å². The van der Waals surface area contributed by atoms with Gasteiger partial charge in [0.1, 0.15) is 0 Å². The molecule has 0 aromatic rings. The van der Waals surface area contributed by atoms with E-state index in [0.717, 1.165) is 0 Å². The summed E-state index contributed by atoms with van der Waals surface area (Å²) < 4.78 is 0. The smallest absolute Gasteiger partial charge is 0.00519 e. The molecule has 0 aliphatic rings. The van der Waals surface area contributed by atoms with Gasteiger partial charge in [-0.1, -0.05) is 13.0 Å². The van der Waals surface area contributed by atoms with Gasteiger partial charge in [-0.05, 0) is 24.5 Å². The first kappa shape index (κ1) is 7.09. The normalized spacial score (nSPS) is 12.1. The molecule has 0 nitrogen and oxygen atoms in total. The molecule has 0 heterocycles. The maximum absolute atomic E-state index is 2.16. The molecule has 0 spiro atoms. The number of hydrogen-bond acceptors (Lipinski definition) is 1. The zero-order chi connectivity index (χ0) is 5.70. The summed E-state index contributed by atoms with van der Waals surface area (Å²) in [4.78, 5) is 1.42. The van der Waals surface area contributed by atoms with Crippen LogP contribution in [0, 0.1) is 0 Å². The molecule has 0 saturated carbocycles. The maximum Gasteiger partial charge on any atom is -0.00519 e. The monoisotopic (exact) mass is 116 g/mol. The van der Waals surface area contributed by atoms with Crippen molar-refractivity contribution >= 4 is 11.8 Å². The first-order chi connectivity index (χ1) is 3.31. The van der Waals surface area contributed by atoms with Crippen LogP contribution in [0.5, 0.6) is 0 Å². The number of allylic oxidation sites excluding steroid dienone is 2. The lowest BCUT2D eigenvalue weighted by molar-refractivity contribution is 1.51. The zero-order valence-corrected chi connectivity index (χ0v) is 6.01. The van der Waals surface area contributed by atoms with E-state index in [-0.39, 0.29) is 0 Å². The predicted molar refractivity (Wildman–Crippen MR) is 37.6 cm³/mol. The van der Waals surface area contributed by atoms with Crippen molar-refractivity contribution in [2.24, 2.45) is 0 Å². The minimum absolute atomic E-state index is 1.19. The lowest BCUT2D eigenvalue weighted by atomic mass is 10.6. The van der Waals surface area contributed by atoms with Gasteiger partial charge in [0, 0.05) is 0 Å². The summed E-state index contributed by atoms with van der Waals surface area (Å²) in [5, 5.41) is 0. The second-order valence-corrected chi connectivity index (χ2v) is 2.84. The van der Waals surface area contributed by atoms with Crippen LogP contribution in [0.2, 0.25) is 0 Å². The van der Waals surface area contributed by atoms with Crippen molar-refractivity contribution < 1.29 is 0 Å². The molecule has 0 unspecified atom stereocenters. The molecule has 0 bridgehead atoms. The second-order valence-electron chi connectivity index (χ2n) is 1.33. The van der Waals surface area contributed by atoms with Crippen molar-refractivity contribution in [3.63, 3.8) is 0 Å². The fourth-order valence-electron chi connectivity index (χ4n) is 0.311. The Morgan fingerprint density at radius 2 is 2.29 bits per heavy atom. The van der Waals surface area contributed by atoms with E-state index in [0.29, 0.717) is 0 Å². The highest BCUT2D eigenvalue weighted by molar-refractivity contribution is 8.03. The Morgan fingerprint density at radius 1 is 1.71 bits per heavy atom. The molecule has 0 rings (SSSR count). The first-order valence-electron chi connectivity index (χ1n) is 2.57. The highest BCUT2D eigenvalue weighted by Crippen LogP contribution is 2.11. The molecule has 0 aliphatic carbocycles. The molecule has 0 saturated heterocycles. The van der Waals surface area contributed by atoms with E-state index >= 15 is 0 Å². The van der Waals surface area contributed by atoms with Gasteiger partial charge < -0.3 is 0 Å². The van der Waals surface area contributed by atoms with E-state index in [4.69, 9.17) is 0 Å². The van der Waals surface area contributed by atoms with Crippen LogP contribution < -0.4 is 0 Å². The summed E-state index contributed by atoms with van der Waals surface area (Å²) >= 11 is 1.89. The summed E-state index contributed by atoms with van der Waals surface area (Å²) in [7, 11) is 0. The number of thioether (sulfide) groups is 1. The summed E-state index contributed by atoms with van der Waals surface area (Å²) in [5.74, 6) is 1.19. The summed E-state index contributed by atoms with van der Waals surface area (Å²) in [6, 6.07) is 0.